The van der Waals surface area contributed by atoms with Crippen LogP contribution in [-0.4, -0.2) is 39.5 Å². The van der Waals surface area contributed by atoms with E-state index in [9.17, 15) is 9.59 Å². The van der Waals surface area contributed by atoms with Crippen LogP contribution in [0.3, 0.4) is 0 Å². The van der Waals surface area contributed by atoms with Crippen molar-refractivity contribution in [2.24, 2.45) is 0 Å². The van der Waals surface area contributed by atoms with Crippen LogP contribution >= 0.6 is 0 Å². The molecule has 0 radical (unpaired) electrons. The maximum atomic E-state index is 12.4. The van der Waals surface area contributed by atoms with E-state index in [1.165, 1.54) is 4.90 Å². The second-order valence-electron chi connectivity index (χ2n) is 6.72. The molecule has 0 N–H and O–H groups in total. The van der Waals surface area contributed by atoms with Crippen LogP contribution < -0.4 is 0 Å². The van der Waals surface area contributed by atoms with E-state index in [1.807, 2.05) is 0 Å². The summed E-state index contributed by atoms with van der Waals surface area (Å²) in [6, 6.07) is 8.05. The summed E-state index contributed by atoms with van der Waals surface area (Å²) in [4.78, 5) is 26.2. The van der Waals surface area contributed by atoms with Crippen molar-refractivity contribution in [3.05, 3.63) is 35.4 Å². The zero-order chi connectivity index (χ0) is 15.8. The fourth-order valence-corrected chi connectivity index (χ4v) is 10.5. The minimum atomic E-state index is -2.10. The van der Waals surface area contributed by atoms with Gasteiger partial charge in [0.2, 0.25) is 0 Å². The molecule has 0 aliphatic carbocycles. The van der Waals surface area contributed by atoms with Crippen LogP contribution in [0.4, 0.5) is 0 Å². The SMILES string of the molecule is CC[Si](C)(C)O[Si](C)(C)CN1C(=O)c2ccccc2C1=O. The Morgan fingerprint density at radius 3 is 1.86 bits per heavy atom. The molecule has 21 heavy (non-hydrogen) atoms. The van der Waals surface area contributed by atoms with E-state index in [4.69, 9.17) is 4.12 Å². The second-order valence-corrected chi connectivity index (χ2v) is 15.6. The number of rotatable bonds is 5. The molecule has 1 aromatic carbocycles. The third-order valence-electron chi connectivity index (χ3n) is 3.82. The van der Waals surface area contributed by atoms with Gasteiger partial charge in [-0.1, -0.05) is 19.1 Å². The smallest absolute Gasteiger partial charge is 0.261 e. The first kappa shape index (κ1) is 16.1. The lowest BCUT2D eigenvalue weighted by Gasteiger charge is -2.35. The number of benzene rings is 1. The highest BCUT2D eigenvalue weighted by atomic mass is 28.4. The number of nitrogens with zero attached hydrogens (tertiary/aromatic N) is 1. The van der Waals surface area contributed by atoms with Gasteiger partial charge in [0, 0.05) is 6.17 Å². The van der Waals surface area contributed by atoms with Crippen LogP contribution in [0, 0.1) is 0 Å². The number of imide groups is 1. The molecule has 0 unspecified atom stereocenters. The van der Waals surface area contributed by atoms with Gasteiger partial charge in [0.25, 0.3) is 11.8 Å². The van der Waals surface area contributed by atoms with E-state index in [-0.39, 0.29) is 11.8 Å². The highest BCUT2D eigenvalue weighted by Gasteiger charge is 2.41. The minimum absolute atomic E-state index is 0.184. The molecule has 0 spiro atoms. The molecule has 114 valence electrons. The third-order valence-corrected chi connectivity index (χ3v) is 11.0. The molecular formula is C15H23NO3Si2. The van der Waals surface area contributed by atoms with Crippen molar-refractivity contribution in [1.29, 1.82) is 0 Å². The number of fused-ring (bicyclic) bond motifs is 1. The molecule has 0 saturated carbocycles. The van der Waals surface area contributed by atoms with Gasteiger partial charge < -0.3 is 4.12 Å². The fourth-order valence-electron chi connectivity index (χ4n) is 2.62. The first-order chi connectivity index (χ1) is 9.67. The number of hydrogen-bond acceptors (Lipinski definition) is 3. The van der Waals surface area contributed by atoms with Crippen LogP contribution in [0.25, 0.3) is 0 Å². The molecule has 2 rings (SSSR count). The summed E-state index contributed by atoms with van der Waals surface area (Å²) < 4.78 is 6.36. The molecule has 0 aromatic heterocycles. The van der Waals surface area contributed by atoms with E-state index in [0.29, 0.717) is 17.3 Å². The molecular weight excluding hydrogens is 298 g/mol. The van der Waals surface area contributed by atoms with Gasteiger partial charge in [-0.25, -0.2) is 0 Å². The van der Waals surface area contributed by atoms with Gasteiger partial charge in [0.05, 0.1) is 11.1 Å². The molecule has 0 fully saturated rings. The van der Waals surface area contributed by atoms with Gasteiger partial charge >= 0.3 is 0 Å². The Hall–Kier alpha value is -1.25. The molecule has 4 nitrogen and oxygen atoms in total. The Bertz CT molecular complexity index is 549. The summed E-state index contributed by atoms with van der Waals surface area (Å²) in [7, 11) is -3.80. The lowest BCUT2D eigenvalue weighted by atomic mass is 10.1. The maximum Gasteiger partial charge on any atom is 0.261 e. The summed E-state index contributed by atoms with van der Waals surface area (Å²) in [5.74, 6) is -0.369. The average molecular weight is 322 g/mol. The number of carbonyl (C=O) groups is 2. The number of carbonyl (C=O) groups excluding carboxylic acids is 2. The quantitative estimate of drug-likeness (QED) is 0.618. The van der Waals surface area contributed by atoms with Crippen molar-refractivity contribution < 1.29 is 13.7 Å². The van der Waals surface area contributed by atoms with Gasteiger partial charge in [-0.3, -0.25) is 14.5 Å². The summed E-state index contributed by atoms with van der Waals surface area (Å²) in [6.45, 7) is 10.7. The molecule has 1 aromatic rings. The maximum absolute atomic E-state index is 12.4. The van der Waals surface area contributed by atoms with E-state index < -0.39 is 16.6 Å². The van der Waals surface area contributed by atoms with Crippen LogP contribution in [-0.2, 0) is 4.12 Å². The number of amides is 2. The minimum Gasteiger partial charge on any atom is -0.454 e. The van der Waals surface area contributed by atoms with Gasteiger partial charge in [0.15, 0.2) is 16.6 Å². The van der Waals surface area contributed by atoms with Crippen LogP contribution in [0.5, 0.6) is 0 Å². The molecule has 0 saturated heterocycles. The van der Waals surface area contributed by atoms with Gasteiger partial charge in [-0.15, -0.1) is 0 Å². The van der Waals surface area contributed by atoms with Crippen molar-refractivity contribution in [1.82, 2.24) is 4.90 Å². The second kappa shape index (κ2) is 5.51. The van der Waals surface area contributed by atoms with Gasteiger partial charge in [0.1, 0.15) is 0 Å². The molecule has 0 bridgehead atoms. The molecule has 2 amide bonds. The van der Waals surface area contributed by atoms with Gasteiger partial charge in [-0.2, -0.15) is 0 Å². The van der Waals surface area contributed by atoms with Gasteiger partial charge in [-0.05, 0) is 44.4 Å². The Labute approximate surface area is 128 Å². The lowest BCUT2D eigenvalue weighted by molar-refractivity contribution is 0.0673. The predicted octanol–water partition coefficient (Wildman–Crippen LogP) is 3.27. The zero-order valence-electron chi connectivity index (χ0n) is 13.4. The normalized spacial score (nSPS) is 15.6. The van der Waals surface area contributed by atoms with Crippen molar-refractivity contribution in [2.45, 2.75) is 39.2 Å². The molecule has 1 aliphatic rings. The van der Waals surface area contributed by atoms with E-state index >= 15 is 0 Å². The summed E-state index contributed by atoms with van der Waals surface area (Å²) >= 11 is 0. The van der Waals surface area contributed by atoms with Crippen LogP contribution in [0.2, 0.25) is 32.2 Å². The van der Waals surface area contributed by atoms with Crippen molar-refractivity contribution in [3.8, 4) is 0 Å². The lowest BCUT2D eigenvalue weighted by Crippen LogP contribution is -2.52. The monoisotopic (exact) mass is 321 g/mol. The topological polar surface area (TPSA) is 46.6 Å². The molecule has 1 heterocycles. The molecule has 6 heteroatoms. The summed E-state index contributed by atoms with van der Waals surface area (Å²) in [5, 5.41) is 0. The number of hydrogen-bond donors (Lipinski definition) is 0. The first-order valence-electron chi connectivity index (χ1n) is 7.32. The standard InChI is InChI=1S/C15H23NO3Si2/c1-6-20(2,3)19-21(4,5)11-16-14(17)12-9-7-8-10-13(12)15(16)18/h7-10H,6,11H2,1-5H3. The Morgan fingerprint density at radius 2 is 1.43 bits per heavy atom. The van der Waals surface area contributed by atoms with E-state index in [0.717, 1.165) is 6.04 Å². The third kappa shape index (κ3) is 3.33. The Balaban J connectivity index is 2.18. The first-order valence-corrected chi connectivity index (χ1v) is 13.6. The fraction of sp³-hybridized carbons (Fsp3) is 0.467. The summed E-state index contributed by atoms with van der Waals surface area (Å²) in [5.41, 5.74) is 1.03. The Morgan fingerprint density at radius 1 is 0.952 bits per heavy atom. The highest BCUT2D eigenvalue weighted by molar-refractivity contribution is 6.85. The molecule has 0 atom stereocenters. The Kier molecular flexibility index (Phi) is 4.23. The van der Waals surface area contributed by atoms with Crippen molar-refractivity contribution >= 4 is 28.4 Å². The highest BCUT2D eigenvalue weighted by Crippen LogP contribution is 2.26. The van der Waals surface area contributed by atoms with Crippen LogP contribution in [0.1, 0.15) is 27.6 Å². The molecule has 1 aliphatic heterocycles. The van der Waals surface area contributed by atoms with E-state index in [1.54, 1.807) is 24.3 Å². The predicted molar refractivity (Wildman–Crippen MR) is 88.3 cm³/mol. The largest absolute Gasteiger partial charge is 0.454 e. The average Bonchev–Trinajstić information content (AvgIpc) is 2.63. The van der Waals surface area contributed by atoms with Crippen molar-refractivity contribution in [2.75, 3.05) is 6.17 Å². The summed E-state index contributed by atoms with van der Waals surface area (Å²) in [6.07, 6.45) is 0.426. The van der Waals surface area contributed by atoms with Crippen LogP contribution in [0.15, 0.2) is 24.3 Å². The van der Waals surface area contributed by atoms with Crippen molar-refractivity contribution in [3.63, 3.8) is 0 Å². The zero-order valence-corrected chi connectivity index (χ0v) is 15.4. The van der Waals surface area contributed by atoms with E-state index in [2.05, 4.69) is 33.1 Å².